The molecule has 1 aromatic rings. The number of hydrogen-bond donors (Lipinski definition) is 2. The molecule has 0 unspecified atom stereocenters. The van der Waals surface area contributed by atoms with Gasteiger partial charge in [0, 0.05) is 0 Å². The molecule has 1 heterocycles. The standard InChI is InChI=1S/C8H10N2S3/c1-13-8(2-3-8)5-4-6(11)10-7(12)9-5/h4H,2-3H2,1H3,(H2,9,10,11,12). The molecule has 13 heavy (non-hydrogen) atoms. The maximum Gasteiger partial charge on any atom is 0.185 e. The molecule has 1 fully saturated rings. The molecule has 0 spiro atoms. The van der Waals surface area contributed by atoms with Crippen LogP contribution in [0.15, 0.2) is 16.2 Å². The van der Waals surface area contributed by atoms with Crippen molar-refractivity contribution < 1.29 is 0 Å². The van der Waals surface area contributed by atoms with E-state index in [4.69, 9.17) is 0 Å². The van der Waals surface area contributed by atoms with Crippen LogP contribution >= 0.6 is 37.0 Å². The molecule has 2 rings (SSSR count). The zero-order valence-corrected chi connectivity index (χ0v) is 9.79. The number of thiol groups is 2. The highest BCUT2D eigenvalue weighted by Crippen LogP contribution is 2.55. The Morgan fingerprint density at radius 3 is 2.54 bits per heavy atom. The molecular weight excluding hydrogens is 220 g/mol. The zero-order chi connectivity index (χ0) is 9.47. The van der Waals surface area contributed by atoms with Crippen molar-refractivity contribution >= 4 is 37.0 Å². The number of hydrogen-bond acceptors (Lipinski definition) is 5. The average molecular weight is 230 g/mol. The third-order valence-corrected chi connectivity index (χ3v) is 4.09. The summed E-state index contributed by atoms with van der Waals surface area (Å²) in [4.78, 5) is 8.34. The highest BCUT2D eigenvalue weighted by Gasteiger charge is 2.45. The van der Waals surface area contributed by atoms with Crippen LogP contribution in [-0.2, 0) is 4.75 Å². The van der Waals surface area contributed by atoms with Gasteiger partial charge in [0.15, 0.2) is 5.16 Å². The van der Waals surface area contributed by atoms with Crippen LogP contribution in [0.3, 0.4) is 0 Å². The van der Waals surface area contributed by atoms with Crippen LogP contribution < -0.4 is 0 Å². The Hall–Kier alpha value is 0.130. The van der Waals surface area contributed by atoms with Crippen molar-refractivity contribution in [3.8, 4) is 0 Å². The molecule has 1 aromatic heterocycles. The quantitative estimate of drug-likeness (QED) is 0.464. The summed E-state index contributed by atoms with van der Waals surface area (Å²) in [5.74, 6) is 0. The molecule has 0 N–H and O–H groups in total. The number of thioether (sulfide) groups is 1. The summed E-state index contributed by atoms with van der Waals surface area (Å²) in [5.41, 5.74) is 1.07. The van der Waals surface area contributed by atoms with Gasteiger partial charge in [0.05, 0.1) is 15.5 Å². The van der Waals surface area contributed by atoms with Crippen LogP contribution in [0.5, 0.6) is 0 Å². The van der Waals surface area contributed by atoms with Gasteiger partial charge in [0.25, 0.3) is 0 Å². The van der Waals surface area contributed by atoms with E-state index in [1.54, 1.807) is 0 Å². The van der Waals surface area contributed by atoms with Crippen molar-refractivity contribution in [2.24, 2.45) is 0 Å². The Bertz CT molecular complexity index is 316. The summed E-state index contributed by atoms with van der Waals surface area (Å²) in [6.45, 7) is 0. The minimum atomic E-state index is 0.234. The van der Waals surface area contributed by atoms with Gasteiger partial charge in [-0.15, -0.1) is 25.3 Å². The van der Waals surface area contributed by atoms with Crippen LogP contribution in [-0.4, -0.2) is 16.2 Å². The molecular formula is C8H10N2S3. The zero-order valence-electron chi connectivity index (χ0n) is 7.19. The fraction of sp³-hybridized carbons (Fsp3) is 0.500. The first kappa shape index (κ1) is 9.68. The molecule has 0 saturated heterocycles. The van der Waals surface area contributed by atoms with Gasteiger partial charge < -0.3 is 0 Å². The Morgan fingerprint density at radius 1 is 1.38 bits per heavy atom. The summed E-state index contributed by atoms with van der Waals surface area (Å²) in [5, 5.41) is 1.22. The molecule has 2 nitrogen and oxygen atoms in total. The van der Waals surface area contributed by atoms with Crippen molar-refractivity contribution in [2.45, 2.75) is 27.8 Å². The van der Waals surface area contributed by atoms with E-state index in [1.165, 1.54) is 12.8 Å². The van der Waals surface area contributed by atoms with Gasteiger partial charge in [-0.1, -0.05) is 0 Å². The highest BCUT2D eigenvalue weighted by molar-refractivity contribution is 7.99. The van der Waals surface area contributed by atoms with E-state index in [0.29, 0.717) is 10.2 Å². The summed E-state index contributed by atoms with van der Waals surface area (Å²) in [6.07, 6.45) is 4.52. The molecule has 0 bridgehead atoms. The fourth-order valence-corrected chi connectivity index (χ4v) is 2.67. The second-order valence-electron chi connectivity index (χ2n) is 3.11. The summed E-state index contributed by atoms with van der Waals surface area (Å²) in [6, 6.07) is 1.94. The van der Waals surface area contributed by atoms with Crippen LogP contribution in [0.25, 0.3) is 0 Å². The molecule has 0 aromatic carbocycles. The number of nitrogens with zero attached hydrogens (tertiary/aromatic N) is 2. The van der Waals surface area contributed by atoms with Gasteiger partial charge in [0.2, 0.25) is 0 Å². The van der Waals surface area contributed by atoms with E-state index in [-0.39, 0.29) is 4.75 Å². The van der Waals surface area contributed by atoms with Gasteiger partial charge >= 0.3 is 0 Å². The van der Waals surface area contributed by atoms with Gasteiger partial charge in [0.1, 0.15) is 0 Å². The molecule has 1 aliphatic carbocycles. The maximum absolute atomic E-state index is 4.32. The van der Waals surface area contributed by atoms with Crippen molar-refractivity contribution in [2.75, 3.05) is 6.26 Å². The normalized spacial score (nSPS) is 18.7. The minimum Gasteiger partial charge on any atom is -0.226 e. The maximum atomic E-state index is 4.32. The van der Waals surface area contributed by atoms with Crippen molar-refractivity contribution in [1.82, 2.24) is 9.97 Å². The number of aromatic nitrogens is 2. The van der Waals surface area contributed by atoms with E-state index in [1.807, 2.05) is 17.8 Å². The van der Waals surface area contributed by atoms with Gasteiger partial charge in [-0.25, -0.2) is 9.97 Å². The first-order valence-corrected chi connectivity index (χ1v) is 6.11. The highest BCUT2D eigenvalue weighted by atomic mass is 32.2. The predicted octanol–water partition coefficient (Wildman–Crippen LogP) is 2.41. The summed E-state index contributed by atoms with van der Waals surface area (Å²) < 4.78 is 0.234. The topological polar surface area (TPSA) is 25.8 Å². The molecule has 5 heteroatoms. The lowest BCUT2D eigenvalue weighted by atomic mass is 10.3. The van der Waals surface area contributed by atoms with Crippen molar-refractivity contribution in [3.63, 3.8) is 0 Å². The first-order valence-electron chi connectivity index (χ1n) is 3.99. The number of rotatable bonds is 2. The van der Waals surface area contributed by atoms with Gasteiger partial charge in [-0.3, -0.25) is 0 Å². The second-order valence-corrected chi connectivity index (χ2v) is 5.16. The third-order valence-electron chi connectivity index (χ3n) is 2.26. The van der Waals surface area contributed by atoms with Gasteiger partial charge in [-0.05, 0) is 25.2 Å². The van der Waals surface area contributed by atoms with E-state index in [9.17, 15) is 0 Å². The molecule has 0 atom stereocenters. The lowest BCUT2D eigenvalue weighted by molar-refractivity contribution is 0.814. The van der Waals surface area contributed by atoms with Crippen molar-refractivity contribution in [1.29, 1.82) is 0 Å². The molecule has 1 saturated carbocycles. The minimum absolute atomic E-state index is 0.234. The largest absolute Gasteiger partial charge is 0.226 e. The summed E-state index contributed by atoms with van der Waals surface area (Å²) in [7, 11) is 0. The van der Waals surface area contributed by atoms with Crippen LogP contribution in [0, 0.1) is 0 Å². The van der Waals surface area contributed by atoms with E-state index >= 15 is 0 Å². The van der Waals surface area contributed by atoms with Crippen LogP contribution in [0.2, 0.25) is 0 Å². The monoisotopic (exact) mass is 230 g/mol. The first-order chi connectivity index (χ1) is 6.16. The van der Waals surface area contributed by atoms with Gasteiger partial charge in [-0.2, -0.15) is 11.8 Å². The van der Waals surface area contributed by atoms with Crippen LogP contribution in [0.1, 0.15) is 18.5 Å². The average Bonchev–Trinajstić information content (AvgIpc) is 2.82. The molecule has 0 aliphatic heterocycles. The van der Waals surface area contributed by atoms with E-state index in [0.717, 1.165) is 5.69 Å². The molecule has 0 amide bonds. The lowest BCUT2D eigenvalue weighted by Crippen LogP contribution is -2.04. The van der Waals surface area contributed by atoms with Crippen LogP contribution in [0.4, 0.5) is 0 Å². The second kappa shape index (κ2) is 3.37. The summed E-state index contributed by atoms with van der Waals surface area (Å²) >= 11 is 10.2. The smallest absolute Gasteiger partial charge is 0.185 e. The fourth-order valence-electron chi connectivity index (χ4n) is 1.33. The third kappa shape index (κ3) is 1.82. The lowest BCUT2D eigenvalue weighted by Gasteiger charge is -2.11. The van der Waals surface area contributed by atoms with E-state index < -0.39 is 0 Å². The Kier molecular flexibility index (Phi) is 2.51. The Morgan fingerprint density at radius 2 is 2.08 bits per heavy atom. The predicted molar refractivity (Wildman–Crippen MR) is 61.0 cm³/mol. The molecule has 1 aliphatic rings. The Balaban J connectivity index is 2.40. The van der Waals surface area contributed by atoms with E-state index in [2.05, 4.69) is 41.5 Å². The van der Waals surface area contributed by atoms with Crippen molar-refractivity contribution in [3.05, 3.63) is 11.8 Å². The molecule has 70 valence electrons. The molecule has 0 radical (unpaired) electrons. The SMILES string of the molecule is CSC1(c2cc(S)nc(S)n2)CC1. The Labute approximate surface area is 92.8 Å².